The highest BCUT2D eigenvalue weighted by atomic mass is 16.5. The summed E-state index contributed by atoms with van der Waals surface area (Å²) in [6, 6.07) is 10.2. The topological polar surface area (TPSA) is 56.6 Å². The minimum Gasteiger partial charge on any atom is -0.480 e. The molecule has 1 aliphatic rings. The van der Waals surface area contributed by atoms with Crippen LogP contribution in [0.3, 0.4) is 0 Å². The Morgan fingerprint density at radius 3 is 2.50 bits per heavy atom. The monoisotopic (exact) mass is 357 g/mol. The highest BCUT2D eigenvalue weighted by molar-refractivity contribution is 5.81. The van der Waals surface area contributed by atoms with Gasteiger partial charge in [-0.25, -0.2) is 0 Å². The molecule has 1 aromatic carbocycles. The molecule has 2 unspecified atom stereocenters. The Bertz CT molecular complexity index is 618. The summed E-state index contributed by atoms with van der Waals surface area (Å²) >= 11 is 0. The van der Waals surface area contributed by atoms with Crippen LogP contribution in [0, 0.1) is 11.3 Å². The highest BCUT2D eigenvalue weighted by Gasteiger charge is 2.28. The maximum absolute atomic E-state index is 12.9. The van der Waals surface area contributed by atoms with E-state index in [1.54, 1.807) is 0 Å². The highest BCUT2D eigenvalue weighted by Crippen LogP contribution is 2.29. The molecule has 142 valence electrons. The molecule has 5 nitrogen and oxygen atoms in total. The molecule has 26 heavy (non-hydrogen) atoms. The van der Waals surface area contributed by atoms with E-state index in [1.165, 1.54) is 5.56 Å². The van der Waals surface area contributed by atoms with Gasteiger partial charge < -0.3 is 9.64 Å². The van der Waals surface area contributed by atoms with Crippen LogP contribution < -0.4 is 4.74 Å². The Hall–Kier alpha value is -2.06. The molecule has 0 aliphatic carbocycles. The molecule has 1 aliphatic heterocycles. The quantitative estimate of drug-likeness (QED) is 0.715. The first kappa shape index (κ1) is 20.3. The van der Waals surface area contributed by atoms with E-state index in [2.05, 4.69) is 30.9 Å². The molecule has 0 spiro atoms. The molecule has 1 saturated heterocycles. The first-order valence-corrected chi connectivity index (χ1v) is 9.74. The molecule has 0 N–H and O–H groups in total. The van der Waals surface area contributed by atoms with Gasteiger partial charge in [0.05, 0.1) is 6.07 Å². The number of amides is 1. The lowest BCUT2D eigenvalue weighted by atomic mass is 9.98. The molecule has 2 atom stereocenters. The van der Waals surface area contributed by atoms with Gasteiger partial charge in [-0.15, -0.1) is 0 Å². The predicted molar refractivity (Wildman–Crippen MR) is 103 cm³/mol. The molecule has 2 rings (SSSR count). The number of hydrogen-bond donors (Lipinski definition) is 0. The van der Waals surface area contributed by atoms with Gasteiger partial charge in [0.2, 0.25) is 0 Å². The normalized spacial score (nSPS) is 17.4. The third-order valence-corrected chi connectivity index (χ3v) is 5.20. The van der Waals surface area contributed by atoms with Crippen molar-refractivity contribution in [2.24, 2.45) is 0 Å². The van der Waals surface area contributed by atoms with Crippen molar-refractivity contribution in [2.45, 2.75) is 52.1 Å². The molecule has 0 aromatic heterocycles. The lowest BCUT2D eigenvalue weighted by Gasteiger charge is -2.36. The zero-order valence-electron chi connectivity index (χ0n) is 16.3. The Kier molecular flexibility index (Phi) is 7.93. The van der Waals surface area contributed by atoms with Crippen molar-refractivity contribution in [3.05, 3.63) is 29.8 Å². The van der Waals surface area contributed by atoms with Crippen LogP contribution in [0.2, 0.25) is 0 Å². The molecular formula is C21H31N3O2. The van der Waals surface area contributed by atoms with Gasteiger partial charge in [-0.05, 0) is 30.4 Å². The summed E-state index contributed by atoms with van der Waals surface area (Å²) in [5, 5.41) is 8.70. The van der Waals surface area contributed by atoms with Gasteiger partial charge in [-0.2, -0.15) is 5.26 Å². The average molecular weight is 357 g/mol. The smallest absolute Gasteiger partial charge is 0.263 e. The van der Waals surface area contributed by atoms with Crippen LogP contribution >= 0.6 is 0 Å². The Labute approximate surface area is 157 Å². The molecule has 0 radical (unpaired) electrons. The van der Waals surface area contributed by atoms with Gasteiger partial charge >= 0.3 is 0 Å². The van der Waals surface area contributed by atoms with E-state index in [0.29, 0.717) is 31.8 Å². The number of nitrogens with zero attached hydrogens (tertiary/aromatic N) is 3. The average Bonchev–Trinajstić information content (AvgIpc) is 2.70. The summed E-state index contributed by atoms with van der Waals surface area (Å²) in [6.07, 6.45) is 1.80. The Morgan fingerprint density at radius 2 is 1.88 bits per heavy atom. The number of rotatable bonds is 8. The predicted octanol–water partition coefficient (Wildman–Crippen LogP) is 3.42. The first-order chi connectivity index (χ1) is 12.6. The van der Waals surface area contributed by atoms with Crippen molar-refractivity contribution in [1.29, 1.82) is 5.26 Å². The zero-order chi connectivity index (χ0) is 18.9. The second kappa shape index (κ2) is 10.2. The van der Waals surface area contributed by atoms with Gasteiger partial charge in [0.1, 0.15) is 5.75 Å². The lowest BCUT2D eigenvalue weighted by Crippen LogP contribution is -2.52. The van der Waals surface area contributed by atoms with Crippen molar-refractivity contribution in [3.63, 3.8) is 0 Å². The Morgan fingerprint density at radius 1 is 1.19 bits per heavy atom. The van der Waals surface area contributed by atoms with E-state index < -0.39 is 6.10 Å². The van der Waals surface area contributed by atoms with E-state index in [0.717, 1.165) is 31.8 Å². The van der Waals surface area contributed by atoms with Crippen molar-refractivity contribution in [3.8, 4) is 11.8 Å². The number of benzene rings is 1. The largest absolute Gasteiger partial charge is 0.480 e. The minimum atomic E-state index is -0.439. The fourth-order valence-corrected chi connectivity index (χ4v) is 3.28. The van der Waals surface area contributed by atoms with Gasteiger partial charge in [0.15, 0.2) is 6.10 Å². The first-order valence-electron chi connectivity index (χ1n) is 9.74. The molecular weight excluding hydrogens is 326 g/mol. The van der Waals surface area contributed by atoms with Gasteiger partial charge in [0.25, 0.3) is 5.91 Å². The molecule has 5 heteroatoms. The van der Waals surface area contributed by atoms with Crippen LogP contribution in [-0.2, 0) is 4.79 Å². The fourth-order valence-electron chi connectivity index (χ4n) is 3.28. The van der Waals surface area contributed by atoms with Crippen LogP contribution in [0.1, 0.15) is 51.5 Å². The van der Waals surface area contributed by atoms with Crippen LogP contribution in [0.25, 0.3) is 0 Å². The van der Waals surface area contributed by atoms with Crippen molar-refractivity contribution in [2.75, 3.05) is 32.7 Å². The van der Waals surface area contributed by atoms with E-state index in [4.69, 9.17) is 10.00 Å². The number of carbonyl (C=O) groups excluding carboxylic acids is 1. The second-order valence-corrected chi connectivity index (χ2v) is 6.94. The maximum Gasteiger partial charge on any atom is 0.263 e. The number of piperazine rings is 1. The molecule has 0 saturated carbocycles. The summed E-state index contributed by atoms with van der Waals surface area (Å²) in [4.78, 5) is 17.1. The molecule has 1 amide bonds. The standard InChI is InChI=1S/C21H31N3O2/c1-4-17(3)18-9-6-7-10-20(18)26-19(5-2)21(25)24-15-13-23(14-16-24)12-8-11-22/h6-7,9-10,17,19H,4-5,8,12-16H2,1-3H3. The maximum atomic E-state index is 12.9. The van der Waals surface area contributed by atoms with Gasteiger partial charge in [-0.3, -0.25) is 9.69 Å². The molecule has 1 fully saturated rings. The number of hydrogen-bond acceptors (Lipinski definition) is 4. The number of ether oxygens (including phenoxy) is 1. The second-order valence-electron chi connectivity index (χ2n) is 6.94. The summed E-state index contributed by atoms with van der Waals surface area (Å²) in [7, 11) is 0. The van der Waals surface area contributed by atoms with E-state index in [-0.39, 0.29) is 5.91 Å². The van der Waals surface area contributed by atoms with E-state index in [1.807, 2.05) is 30.0 Å². The summed E-state index contributed by atoms with van der Waals surface area (Å²) in [5.74, 6) is 1.31. The van der Waals surface area contributed by atoms with Crippen LogP contribution in [0.15, 0.2) is 24.3 Å². The number of nitriles is 1. The summed E-state index contributed by atoms with van der Waals surface area (Å²) < 4.78 is 6.18. The Balaban J connectivity index is 1.99. The van der Waals surface area contributed by atoms with Crippen molar-refractivity contribution < 1.29 is 9.53 Å². The summed E-state index contributed by atoms with van der Waals surface area (Å²) in [5.41, 5.74) is 1.17. The van der Waals surface area contributed by atoms with Gasteiger partial charge in [-0.1, -0.05) is 39.0 Å². The van der Waals surface area contributed by atoms with E-state index >= 15 is 0 Å². The SMILES string of the molecule is CCC(Oc1ccccc1C(C)CC)C(=O)N1CCN(CCC#N)CC1. The third-order valence-electron chi connectivity index (χ3n) is 5.20. The van der Waals surface area contributed by atoms with E-state index in [9.17, 15) is 4.79 Å². The summed E-state index contributed by atoms with van der Waals surface area (Å²) in [6.45, 7) is 10.2. The van der Waals surface area contributed by atoms with Crippen LogP contribution in [0.4, 0.5) is 0 Å². The molecule has 1 aromatic rings. The fraction of sp³-hybridized carbons (Fsp3) is 0.619. The minimum absolute atomic E-state index is 0.0754. The third kappa shape index (κ3) is 5.22. The van der Waals surface area contributed by atoms with Crippen molar-refractivity contribution >= 4 is 5.91 Å². The number of para-hydroxylation sites is 1. The van der Waals surface area contributed by atoms with Crippen LogP contribution in [-0.4, -0.2) is 54.5 Å². The van der Waals surface area contributed by atoms with Crippen molar-refractivity contribution in [1.82, 2.24) is 9.80 Å². The van der Waals surface area contributed by atoms with Crippen LogP contribution in [0.5, 0.6) is 5.75 Å². The van der Waals surface area contributed by atoms with Gasteiger partial charge in [0, 0.05) is 39.1 Å². The molecule has 0 bridgehead atoms. The zero-order valence-corrected chi connectivity index (χ0v) is 16.3. The molecule has 1 heterocycles. The lowest BCUT2D eigenvalue weighted by molar-refractivity contribution is -0.140. The number of carbonyl (C=O) groups is 1.